The number of benzene rings is 2. The first kappa shape index (κ1) is 18.7. The van der Waals surface area contributed by atoms with E-state index in [9.17, 15) is 4.79 Å². The number of methoxy groups -OCH3 is 2. The Morgan fingerprint density at radius 1 is 1.07 bits per heavy atom. The Balaban J connectivity index is 1.82. The summed E-state index contributed by atoms with van der Waals surface area (Å²) >= 11 is 0. The van der Waals surface area contributed by atoms with Gasteiger partial charge in [-0.3, -0.25) is 4.79 Å². The lowest BCUT2D eigenvalue weighted by Crippen LogP contribution is -2.12. The van der Waals surface area contributed by atoms with Gasteiger partial charge in [-0.05, 0) is 36.8 Å². The molecule has 29 heavy (non-hydrogen) atoms. The highest BCUT2D eigenvalue weighted by molar-refractivity contribution is 5.82. The molecule has 0 N–H and O–H groups in total. The van der Waals surface area contributed by atoms with E-state index in [-0.39, 0.29) is 11.3 Å². The van der Waals surface area contributed by atoms with Gasteiger partial charge in [-0.2, -0.15) is 4.98 Å². The second-order valence-corrected chi connectivity index (χ2v) is 6.58. The minimum absolute atomic E-state index is 0.129. The Labute approximate surface area is 167 Å². The van der Waals surface area contributed by atoms with Gasteiger partial charge in [0.05, 0.1) is 19.7 Å². The zero-order chi connectivity index (χ0) is 20.4. The first-order valence-corrected chi connectivity index (χ1v) is 9.35. The summed E-state index contributed by atoms with van der Waals surface area (Å²) in [4.78, 5) is 17.5. The molecule has 0 atom stereocenters. The van der Waals surface area contributed by atoms with Crippen LogP contribution in [0.4, 0.5) is 0 Å². The number of hydrogen-bond donors (Lipinski definition) is 0. The SMILES string of the molecule is CCCn1cc(-c2nc(-c3ccc(OC)c(OC)c3)no2)c(=O)c2ccccc21. The lowest BCUT2D eigenvalue weighted by Gasteiger charge is -2.11. The Bertz CT molecular complexity index is 1230. The summed E-state index contributed by atoms with van der Waals surface area (Å²) in [5, 5.41) is 4.69. The third-order valence-electron chi connectivity index (χ3n) is 4.75. The van der Waals surface area contributed by atoms with E-state index in [1.807, 2.05) is 34.9 Å². The van der Waals surface area contributed by atoms with Crippen LogP contribution < -0.4 is 14.9 Å². The molecule has 2 heterocycles. The molecule has 0 aliphatic heterocycles. The quantitative estimate of drug-likeness (QED) is 0.491. The number of para-hydroxylation sites is 1. The number of aromatic nitrogens is 3. The van der Waals surface area contributed by atoms with Gasteiger partial charge < -0.3 is 18.6 Å². The fraction of sp³-hybridized carbons (Fsp3) is 0.227. The molecule has 0 amide bonds. The molecular formula is C22H21N3O4. The van der Waals surface area contributed by atoms with Crippen molar-refractivity contribution in [2.45, 2.75) is 19.9 Å². The second-order valence-electron chi connectivity index (χ2n) is 6.58. The smallest absolute Gasteiger partial charge is 0.263 e. The number of nitrogens with zero attached hydrogens (tertiary/aromatic N) is 3. The predicted molar refractivity (Wildman–Crippen MR) is 110 cm³/mol. The molecule has 0 saturated heterocycles. The molecule has 4 aromatic rings. The van der Waals surface area contributed by atoms with Crippen molar-refractivity contribution in [2.75, 3.05) is 14.2 Å². The summed E-state index contributed by atoms with van der Waals surface area (Å²) in [5.74, 6) is 1.73. The summed E-state index contributed by atoms with van der Waals surface area (Å²) in [6.07, 6.45) is 2.73. The van der Waals surface area contributed by atoms with Gasteiger partial charge in [0.15, 0.2) is 11.5 Å². The van der Waals surface area contributed by atoms with Crippen LogP contribution in [-0.4, -0.2) is 28.9 Å². The molecule has 0 unspecified atom stereocenters. The number of pyridine rings is 1. The predicted octanol–water partition coefficient (Wildman–Crippen LogP) is 4.15. The van der Waals surface area contributed by atoms with Crippen molar-refractivity contribution in [3.63, 3.8) is 0 Å². The number of ether oxygens (including phenoxy) is 2. The van der Waals surface area contributed by atoms with Gasteiger partial charge in [-0.1, -0.05) is 24.2 Å². The van der Waals surface area contributed by atoms with Crippen molar-refractivity contribution in [2.24, 2.45) is 0 Å². The molecular weight excluding hydrogens is 370 g/mol. The lowest BCUT2D eigenvalue weighted by atomic mass is 10.1. The van der Waals surface area contributed by atoms with Crippen LogP contribution in [-0.2, 0) is 6.54 Å². The van der Waals surface area contributed by atoms with Crippen molar-refractivity contribution >= 4 is 10.9 Å². The largest absolute Gasteiger partial charge is 0.493 e. The zero-order valence-electron chi connectivity index (χ0n) is 16.5. The van der Waals surface area contributed by atoms with Crippen LogP contribution in [0.3, 0.4) is 0 Å². The summed E-state index contributed by atoms with van der Waals surface area (Å²) < 4.78 is 18.1. The third kappa shape index (κ3) is 3.35. The van der Waals surface area contributed by atoms with E-state index in [0.717, 1.165) is 18.5 Å². The highest BCUT2D eigenvalue weighted by Crippen LogP contribution is 2.32. The van der Waals surface area contributed by atoms with Crippen LogP contribution in [0.1, 0.15) is 13.3 Å². The van der Waals surface area contributed by atoms with Gasteiger partial charge in [0.1, 0.15) is 5.56 Å². The maximum absolute atomic E-state index is 13.0. The molecule has 0 aliphatic rings. The highest BCUT2D eigenvalue weighted by atomic mass is 16.5. The van der Waals surface area contributed by atoms with Crippen LogP contribution in [0, 0.1) is 0 Å². The van der Waals surface area contributed by atoms with Crippen molar-refractivity contribution < 1.29 is 14.0 Å². The van der Waals surface area contributed by atoms with Crippen LogP contribution in [0.25, 0.3) is 33.7 Å². The Morgan fingerprint density at radius 2 is 1.86 bits per heavy atom. The van der Waals surface area contributed by atoms with Gasteiger partial charge in [0, 0.05) is 23.7 Å². The topological polar surface area (TPSA) is 79.4 Å². The molecule has 2 aromatic heterocycles. The third-order valence-corrected chi connectivity index (χ3v) is 4.75. The second kappa shape index (κ2) is 7.79. The Kier molecular flexibility index (Phi) is 5.03. The Hall–Kier alpha value is -3.61. The standard InChI is InChI=1S/C22H21N3O4/c1-4-11-25-13-16(20(26)15-7-5-6-8-17(15)25)22-23-21(24-29-22)14-9-10-18(27-2)19(12-14)28-3/h5-10,12-13H,4,11H2,1-3H3. The minimum Gasteiger partial charge on any atom is -0.493 e. The maximum atomic E-state index is 13.0. The molecule has 0 radical (unpaired) electrons. The van der Waals surface area contributed by atoms with E-state index in [4.69, 9.17) is 14.0 Å². The van der Waals surface area contributed by atoms with Gasteiger partial charge in [-0.25, -0.2) is 0 Å². The minimum atomic E-state index is -0.129. The first-order valence-electron chi connectivity index (χ1n) is 9.35. The fourth-order valence-electron chi connectivity index (χ4n) is 3.35. The Morgan fingerprint density at radius 3 is 2.62 bits per heavy atom. The number of aryl methyl sites for hydroxylation is 1. The number of rotatable bonds is 6. The lowest BCUT2D eigenvalue weighted by molar-refractivity contribution is 0.355. The first-order chi connectivity index (χ1) is 14.2. The van der Waals surface area contributed by atoms with Crippen LogP contribution in [0.15, 0.2) is 58.0 Å². The monoisotopic (exact) mass is 391 g/mol. The molecule has 2 aromatic carbocycles. The normalized spacial score (nSPS) is 11.0. The van der Waals surface area contributed by atoms with Crippen LogP contribution in [0.5, 0.6) is 11.5 Å². The average molecular weight is 391 g/mol. The summed E-state index contributed by atoms with van der Waals surface area (Å²) in [7, 11) is 3.14. The van der Waals surface area contributed by atoms with E-state index in [2.05, 4.69) is 17.1 Å². The molecule has 0 aliphatic carbocycles. The van der Waals surface area contributed by atoms with Gasteiger partial charge >= 0.3 is 0 Å². The fourth-order valence-corrected chi connectivity index (χ4v) is 3.35. The van der Waals surface area contributed by atoms with Crippen LogP contribution >= 0.6 is 0 Å². The summed E-state index contributed by atoms with van der Waals surface area (Å²) in [6, 6.07) is 12.9. The van der Waals surface area contributed by atoms with E-state index >= 15 is 0 Å². The molecule has 4 rings (SSSR count). The number of fused-ring (bicyclic) bond motifs is 1. The average Bonchev–Trinajstić information content (AvgIpc) is 3.25. The molecule has 0 saturated carbocycles. The van der Waals surface area contributed by atoms with E-state index in [1.54, 1.807) is 32.5 Å². The number of hydrogen-bond acceptors (Lipinski definition) is 6. The summed E-state index contributed by atoms with van der Waals surface area (Å²) in [5.41, 5.74) is 1.85. The molecule has 148 valence electrons. The maximum Gasteiger partial charge on any atom is 0.263 e. The molecule has 0 bridgehead atoms. The summed E-state index contributed by atoms with van der Waals surface area (Å²) in [6.45, 7) is 2.87. The van der Waals surface area contributed by atoms with E-state index < -0.39 is 0 Å². The van der Waals surface area contributed by atoms with Crippen LogP contribution in [0.2, 0.25) is 0 Å². The molecule has 0 fully saturated rings. The van der Waals surface area contributed by atoms with Crippen molar-refractivity contribution in [1.82, 2.24) is 14.7 Å². The van der Waals surface area contributed by atoms with E-state index in [0.29, 0.717) is 33.8 Å². The molecule has 0 spiro atoms. The molecule has 7 heteroatoms. The van der Waals surface area contributed by atoms with Crippen molar-refractivity contribution in [3.05, 3.63) is 58.9 Å². The van der Waals surface area contributed by atoms with Crippen molar-refractivity contribution in [1.29, 1.82) is 0 Å². The zero-order valence-corrected chi connectivity index (χ0v) is 16.5. The van der Waals surface area contributed by atoms with Gasteiger partial charge in [0.25, 0.3) is 5.89 Å². The van der Waals surface area contributed by atoms with E-state index in [1.165, 1.54) is 0 Å². The van der Waals surface area contributed by atoms with Gasteiger partial charge in [0.2, 0.25) is 11.3 Å². The van der Waals surface area contributed by atoms with Crippen molar-refractivity contribution in [3.8, 4) is 34.3 Å². The molecule has 7 nitrogen and oxygen atoms in total. The van der Waals surface area contributed by atoms with Gasteiger partial charge in [-0.15, -0.1) is 0 Å². The highest BCUT2D eigenvalue weighted by Gasteiger charge is 2.18.